The number of carbonyl (C=O) groups excluding carboxylic acids is 2. The molecule has 0 bridgehead atoms. The SMILES string of the molecule is CCCCC(C)C(=O)C(C1NCCS1)C(C(=O)OCC)c1cccc(Oc2ccccc2)c1. The second kappa shape index (κ2) is 12.8. The van der Waals surface area contributed by atoms with Gasteiger partial charge in [0, 0.05) is 18.2 Å². The van der Waals surface area contributed by atoms with E-state index in [-0.39, 0.29) is 29.7 Å². The quantitative estimate of drug-likeness (QED) is 0.396. The second-order valence-corrected chi connectivity index (χ2v) is 9.68. The average molecular weight is 470 g/mol. The molecule has 0 spiro atoms. The number of unbranched alkanes of at least 4 members (excludes halogenated alkanes) is 1. The normalized spacial score (nSPS) is 18.3. The van der Waals surface area contributed by atoms with Gasteiger partial charge in [0.1, 0.15) is 17.3 Å². The molecule has 6 heteroatoms. The van der Waals surface area contributed by atoms with Gasteiger partial charge in [-0.15, -0.1) is 11.8 Å². The maximum Gasteiger partial charge on any atom is 0.314 e. The van der Waals surface area contributed by atoms with E-state index in [0.717, 1.165) is 42.9 Å². The average Bonchev–Trinajstić information content (AvgIpc) is 3.36. The Bertz CT molecular complexity index is 898. The van der Waals surface area contributed by atoms with Crippen molar-refractivity contribution in [1.29, 1.82) is 0 Å². The van der Waals surface area contributed by atoms with E-state index in [1.165, 1.54) is 0 Å². The molecule has 0 aromatic heterocycles. The van der Waals surface area contributed by atoms with E-state index >= 15 is 0 Å². The van der Waals surface area contributed by atoms with Gasteiger partial charge in [-0.3, -0.25) is 9.59 Å². The van der Waals surface area contributed by atoms with Gasteiger partial charge in [-0.2, -0.15) is 0 Å². The number of carbonyl (C=O) groups is 2. The molecule has 0 aliphatic carbocycles. The first-order chi connectivity index (χ1) is 16.0. The Morgan fingerprint density at radius 1 is 1.09 bits per heavy atom. The molecule has 1 N–H and O–H groups in total. The number of ketones is 1. The minimum atomic E-state index is -0.691. The molecule has 3 rings (SSSR count). The van der Waals surface area contributed by atoms with Gasteiger partial charge in [-0.05, 0) is 43.2 Å². The zero-order valence-electron chi connectivity index (χ0n) is 19.8. The maximum atomic E-state index is 13.7. The van der Waals surface area contributed by atoms with Gasteiger partial charge < -0.3 is 14.8 Å². The fourth-order valence-corrected chi connectivity index (χ4v) is 5.49. The van der Waals surface area contributed by atoms with Crippen LogP contribution >= 0.6 is 11.8 Å². The molecule has 5 nitrogen and oxygen atoms in total. The van der Waals surface area contributed by atoms with Gasteiger partial charge >= 0.3 is 5.97 Å². The third-order valence-corrected chi connectivity index (χ3v) is 7.23. The Morgan fingerprint density at radius 3 is 2.52 bits per heavy atom. The Kier molecular flexibility index (Phi) is 9.82. The lowest BCUT2D eigenvalue weighted by atomic mass is 9.78. The standard InChI is InChI=1S/C27H35NO4S/c1-4-6-11-19(3)25(29)24(26-28-16-17-33-26)23(27(30)31-5-2)20-12-10-15-22(18-20)32-21-13-8-7-9-14-21/h7-10,12-15,18-19,23-24,26,28H,4-6,11,16-17H2,1-3H3. The molecule has 2 aromatic carbocycles. The van der Waals surface area contributed by atoms with Crippen LogP contribution in [0.25, 0.3) is 0 Å². The molecule has 1 heterocycles. The molecule has 2 aromatic rings. The van der Waals surface area contributed by atoms with Crippen LogP contribution in [0.4, 0.5) is 0 Å². The second-order valence-electron chi connectivity index (χ2n) is 8.43. The Labute approximate surface area is 201 Å². The van der Waals surface area contributed by atoms with Crippen molar-refractivity contribution in [3.8, 4) is 11.5 Å². The summed E-state index contributed by atoms with van der Waals surface area (Å²) in [5.74, 6) is 0.733. The van der Waals surface area contributed by atoms with Crippen molar-refractivity contribution in [2.75, 3.05) is 18.9 Å². The number of hydrogen-bond acceptors (Lipinski definition) is 6. The predicted octanol–water partition coefficient (Wildman–Crippen LogP) is 5.80. The van der Waals surface area contributed by atoms with Crippen molar-refractivity contribution in [3.63, 3.8) is 0 Å². The summed E-state index contributed by atoms with van der Waals surface area (Å²) in [5, 5.41) is 3.34. The molecule has 4 atom stereocenters. The fraction of sp³-hybridized carbons (Fsp3) is 0.481. The monoisotopic (exact) mass is 469 g/mol. The lowest BCUT2D eigenvalue weighted by Gasteiger charge is -2.31. The van der Waals surface area contributed by atoms with Crippen LogP contribution in [0.5, 0.6) is 11.5 Å². The molecule has 0 radical (unpaired) electrons. The van der Waals surface area contributed by atoms with Gasteiger partial charge in [-0.25, -0.2) is 0 Å². The molecular formula is C27H35NO4S. The van der Waals surface area contributed by atoms with Crippen LogP contribution < -0.4 is 10.1 Å². The third-order valence-electron chi connectivity index (χ3n) is 5.97. The summed E-state index contributed by atoms with van der Waals surface area (Å²) in [7, 11) is 0. The summed E-state index contributed by atoms with van der Waals surface area (Å²) in [6.45, 7) is 7.01. The maximum absolute atomic E-state index is 13.7. The summed E-state index contributed by atoms with van der Waals surface area (Å²) in [6, 6.07) is 17.0. The first-order valence-corrected chi connectivity index (χ1v) is 13.0. The minimum absolute atomic E-state index is 0.112. The first-order valence-electron chi connectivity index (χ1n) is 11.9. The highest BCUT2D eigenvalue weighted by molar-refractivity contribution is 8.00. The van der Waals surface area contributed by atoms with Crippen LogP contribution in [0.2, 0.25) is 0 Å². The van der Waals surface area contributed by atoms with Crippen LogP contribution in [0.15, 0.2) is 54.6 Å². The Balaban J connectivity index is 1.97. The van der Waals surface area contributed by atoms with Crippen LogP contribution in [0.1, 0.15) is 51.5 Å². The van der Waals surface area contributed by atoms with E-state index in [0.29, 0.717) is 5.75 Å². The molecule has 1 aliphatic heterocycles. The number of benzene rings is 2. The number of rotatable bonds is 12. The van der Waals surface area contributed by atoms with E-state index in [9.17, 15) is 9.59 Å². The molecule has 0 saturated carbocycles. The Morgan fingerprint density at radius 2 is 1.85 bits per heavy atom. The van der Waals surface area contributed by atoms with Gasteiger partial charge in [0.25, 0.3) is 0 Å². The van der Waals surface area contributed by atoms with Gasteiger partial charge in [-0.1, -0.05) is 57.0 Å². The van der Waals surface area contributed by atoms with Crippen molar-refractivity contribution < 1.29 is 19.1 Å². The number of Topliss-reactive ketones (excluding diaryl/α,β-unsaturated/α-hetero) is 1. The van der Waals surface area contributed by atoms with E-state index < -0.39 is 11.8 Å². The summed E-state index contributed by atoms with van der Waals surface area (Å²) < 4.78 is 11.5. The lowest BCUT2D eigenvalue weighted by Crippen LogP contribution is -2.43. The van der Waals surface area contributed by atoms with E-state index in [1.54, 1.807) is 18.7 Å². The summed E-state index contributed by atoms with van der Waals surface area (Å²) >= 11 is 1.71. The molecule has 1 fully saturated rings. The van der Waals surface area contributed by atoms with Crippen LogP contribution in [-0.4, -0.2) is 36.0 Å². The third kappa shape index (κ3) is 6.84. The van der Waals surface area contributed by atoms with Crippen molar-refractivity contribution in [1.82, 2.24) is 5.32 Å². The number of nitrogens with one attached hydrogen (secondary N) is 1. The predicted molar refractivity (Wildman–Crippen MR) is 134 cm³/mol. The molecule has 178 valence electrons. The molecule has 33 heavy (non-hydrogen) atoms. The minimum Gasteiger partial charge on any atom is -0.466 e. The van der Waals surface area contributed by atoms with E-state index in [4.69, 9.17) is 9.47 Å². The molecule has 4 unspecified atom stereocenters. The van der Waals surface area contributed by atoms with Crippen LogP contribution in [0, 0.1) is 11.8 Å². The van der Waals surface area contributed by atoms with Crippen LogP contribution in [-0.2, 0) is 14.3 Å². The Hall–Kier alpha value is -2.31. The van der Waals surface area contributed by atoms with Crippen molar-refractivity contribution >= 4 is 23.5 Å². The van der Waals surface area contributed by atoms with E-state index in [2.05, 4.69) is 12.2 Å². The zero-order valence-corrected chi connectivity index (χ0v) is 20.6. The number of esters is 1. The van der Waals surface area contributed by atoms with E-state index in [1.807, 2.05) is 61.5 Å². The van der Waals surface area contributed by atoms with Gasteiger partial charge in [0.15, 0.2) is 0 Å². The number of hydrogen-bond donors (Lipinski definition) is 1. The van der Waals surface area contributed by atoms with Gasteiger partial charge in [0.05, 0.1) is 23.8 Å². The molecule has 1 aliphatic rings. The largest absolute Gasteiger partial charge is 0.466 e. The van der Waals surface area contributed by atoms with Crippen molar-refractivity contribution in [3.05, 3.63) is 60.2 Å². The number of ether oxygens (including phenoxy) is 2. The highest BCUT2D eigenvalue weighted by atomic mass is 32.2. The topological polar surface area (TPSA) is 64.6 Å². The zero-order chi connectivity index (χ0) is 23.6. The lowest BCUT2D eigenvalue weighted by molar-refractivity contribution is -0.149. The summed E-state index contributed by atoms with van der Waals surface area (Å²) in [5.41, 5.74) is 0.747. The van der Waals surface area contributed by atoms with Gasteiger partial charge in [0.2, 0.25) is 0 Å². The number of para-hydroxylation sites is 1. The molecule has 0 amide bonds. The fourth-order valence-electron chi connectivity index (χ4n) is 4.26. The highest BCUT2D eigenvalue weighted by Crippen LogP contribution is 2.39. The molecular weight excluding hydrogens is 434 g/mol. The summed E-state index contributed by atoms with van der Waals surface area (Å²) in [6.07, 6.45) is 2.87. The highest BCUT2D eigenvalue weighted by Gasteiger charge is 2.43. The van der Waals surface area contributed by atoms with Crippen molar-refractivity contribution in [2.45, 2.75) is 51.3 Å². The van der Waals surface area contributed by atoms with Crippen LogP contribution in [0.3, 0.4) is 0 Å². The smallest absolute Gasteiger partial charge is 0.314 e. The summed E-state index contributed by atoms with van der Waals surface area (Å²) in [4.78, 5) is 27.0. The number of thioether (sulfide) groups is 1. The first kappa shape index (κ1) is 25.3. The van der Waals surface area contributed by atoms with Crippen molar-refractivity contribution in [2.24, 2.45) is 11.8 Å². The molecule has 1 saturated heterocycles.